The molecule has 0 unspecified atom stereocenters. The van der Waals surface area contributed by atoms with Crippen molar-refractivity contribution in [2.75, 3.05) is 50.1 Å². The van der Waals surface area contributed by atoms with Gasteiger partial charge in [-0.2, -0.15) is 4.98 Å². The number of nitrogens with zero attached hydrogens (tertiary/aromatic N) is 5. The van der Waals surface area contributed by atoms with E-state index < -0.39 is 0 Å². The third kappa shape index (κ3) is 4.56. The summed E-state index contributed by atoms with van der Waals surface area (Å²) in [7, 11) is 1.56. The van der Waals surface area contributed by atoms with Crippen LogP contribution in [-0.2, 0) is 4.79 Å². The van der Waals surface area contributed by atoms with Gasteiger partial charge in [0.1, 0.15) is 5.82 Å². The molecule has 0 aromatic carbocycles. The maximum absolute atomic E-state index is 12.3. The van der Waals surface area contributed by atoms with E-state index in [1.54, 1.807) is 25.6 Å². The van der Waals surface area contributed by atoms with Crippen molar-refractivity contribution in [3.05, 3.63) is 36.7 Å². The van der Waals surface area contributed by atoms with Crippen molar-refractivity contribution >= 4 is 17.7 Å². The number of carbonyl (C=O) groups is 1. The Balaban J connectivity index is 1.42. The molecule has 8 heteroatoms. The predicted molar refractivity (Wildman–Crippen MR) is 94.7 cm³/mol. The summed E-state index contributed by atoms with van der Waals surface area (Å²) in [5, 5.41) is 3.05. The van der Waals surface area contributed by atoms with Gasteiger partial charge in [-0.1, -0.05) is 6.07 Å². The second-order valence-corrected chi connectivity index (χ2v) is 5.66. The normalized spacial score (nSPS) is 14.3. The summed E-state index contributed by atoms with van der Waals surface area (Å²) in [6, 6.07) is 7.56. The molecule has 0 spiro atoms. The third-order valence-electron chi connectivity index (χ3n) is 4.07. The Bertz CT molecular complexity index is 689. The molecule has 1 aliphatic rings. The number of ether oxygens (including phenoxy) is 1. The molecule has 2 aromatic rings. The van der Waals surface area contributed by atoms with E-state index in [2.05, 4.69) is 25.2 Å². The van der Waals surface area contributed by atoms with E-state index in [-0.39, 0.29) is 5.91 Å². The summed E-state index contributed by atoms with van der Waals surface area (Å²) in [6.45, 7) is 3.52. The van der Waals surface area contributed by atoms with Crippen molar-refractivity contribution in [1.82, 2.24) is 19.9 Å². The van der Waals surface area contributed by atoms with Gasteiger partial charge in [0.05, 0.1) is 7.11 Å². The Kier molecular flexibility index (Phi) is 5.61. The Morgan fingerprint density at radius 2 is 2.00 bits per heavy atom. The molecule has 1 N–H and O–H groups in total. The van der Waals surface area contributed by atoms with Crippen LogP contribution in [0, 0.1) is 0 Å². The van der Waals surface area contributed by atoms with Gasteiger partial charge in [0.15, 0.2) is 0 Å². The molecule has 1 saturated heterocycles. The van der Waals surface area contributed by atoms with Gasteiger partial charge < -0.3 is 19.9 Å². The van der Waals surface area contributed by atoms with Crippen molar-refractivity contribution in [3.63, 3.8) is 0 Å². The SMILES string of the molecule is COc1ccnc(NCCC(=O)N2CCN(c3ccccn3)CC2)n1. The van der Waals surface area contributed by atoms with Crippen LogP contribution >= 0.6 is 0 Å². The summed E-state index contributed by atoms with van der Waals surface area (Å²) in [5.74, 6) is 2.06. The number of anilines is 2. The lowest BCUT2D eigenvalue weighted by Crippen LogP contribution is -2.49. The number of nitrogens with one attached hydrogen (secondary N) is 1. The molecule has 0 radical (unpaired) electrons. The Morgan fingerprint density at radius 1 is 1.16 bits per heavy atom. The van der Waals surface area contributed by atoms with E-state index in [1.807, 2.05) is 23.1 Å². The van der Waals surface area contributed by atoms with E-state index in [1.165, 1.54) is 0 Å². The number of hydrogen-bond acceptors (Lipinski definition) is 7. The summed E-state index contributed by atoms with van der Waals surface area (Å²) in [6.07, 6.45) is 3.82. The fourth-order valence-electron chi connectivity index (χ4n) is 2.71. The van der Waals surface area contributed by atoms with Gasteiger partial charge in [0.25, 0.3) is 0 Å². The first-order chi connectivity index (χ1) is 12.3. The van der Waals surface area contributed by atoms with Crippen LogP contribution in [0.1, 0.15) is 6.42 Å². The fraction of sp³-hybridized carbons (Fsp3) is 0.412. The quantitative estimate of drug-likeness (QED) is 0.839. The van der Waals surface area contributed by atoms with Crippen LogP contribution in [-0.4, -0.2) is 65.6 Å². The Labute approximate surface area is 146 Å². The van der Waals surface area contributed by atoms with Gasteiger partial charge in [-0.3, -0.25) is 4.79 Å². The molecule has 1 fully saturated rings. The van der Waals surface area contributed by atoms with Crippen LogP contribution in [0.3, 0.4) is 0 Å². The van der Waals surface area contributed by atoms with Crippen LogP contribution < -0.4 is 15.0 Å². The number of rotatable bonds is 6. The number of piperazine rings is 1. The number of hydrogen-bond donors (Lipinski definition) is 1. The van der Waals surface area contributed by atoms with Crippen LogP contribution in [0.15, 0.2) is 36.7 Å². The Hall–Kier alpha value is -2.90. The molecule has 3 rings (SSSR count). The highest BCUT2D eigenvalue weighted by Crippen LogP contribution is 2.13. The molecule has 0 saturated carbocycles. The predicted octanol–water partition coefficient (Wildman–Crippen LogP) is 1.03. The first-order valence-corrected chi connectivity index (χ1v) is 8.31. The monoisotopic (exact) mass is 342 g/mol. The minimum absolute atomic E-state index is 0.135. The van der Waals surface area contributed by atoms with Crippen LogP contribution in [0.4, 0.5) is 11.8 Å². The zero-order chi connectivity index (χ0) is 17.5. The molecule has 0 atom stereocenters. The van der Waals surface area contributed by atoms with E-state index in [0.29, 0.717) is 37.9 Å². The molecular weight excluding hydrogens is 320 g/mol. The van der Waals surface area contributed by atoms with E-state index in [0.717, 1.165) is 18.9 Å². The molecule has 0 bridgehead atoms. The van der Waals surface area contributed by atoms with Crippen molar-refractivity contribution in [1.29, 1.82) is 0 Å². The van der Waals surface area contributed by atoms with Crippen molar-refractivity contribution in [2.24, 2.45) is 0 Å². The van der Waals surface area contributed by atoms with E-state index >= 15 is 0 Å². The van der Waals surface area contributed by atoms with Crippen molar-refractivity contribution in [3.8, 4) is 5.88 Å². The van der Waals surface area contributed by atoms with Gasteiger partial charge >= 0.3 is 0 Å². The number of aromatic nitrogens is 3. The van der Waals surface area contributed by atoms with Gasteiger partial charge in [-0.05, 0) is 12.1 Å². The summed E-state index contributed by atoms with van der Waals surface area (Å²) < 4.78 is 5.05. The lowest BCUT2D eigenvalue weighted by molar-refractivity contribution is -0.131. The maximum Gasteiger partial charge on any atom is 0.225 e. The van der Waals surface area contributed by atoms with Gasteiger partial charge in [0.2, 0.25) is 17.7 Å². The minimum atomic E-state index is 0.135. The first-order valence-electron chi connectivity index (χ1n) is 8.31. The second kappa shape index (κ2) is 8.27. The number of pyridine rings is 1. The molecule has 132 valence electrons. The Morgan fingerprint density at radius 3 is 2.72 bits per heavy atom. The fourth-order valence-corrected chi connectivity index (χ4v) is 2.71. The van der Waals surface area contributed by atoms with Gasteiger partial charge in [-0.15, -0.1) is 0 Å². The lowest BCUT2D eigenvalue weighted by Gasteiger charge is -2.35. The average molecular weight is 342 g/mol. The average Bonchev–Trinajstić information content (AvgIpc) is 2.69. The first kappa shape index (κ1) is 16.9. The molecule has 1 aliphatic heterocycles. The van der Waals surface area contributed by atoms with Crippen molar-refractivity contribution < 1.29 is 9.53 Å². The topological polar surface area (TPSA) is 83.5 Å². The van der Waals surface area contributed by atoms with Crippen molar-refractivity contribution in [2.45, 2.75) is 6.42 Å². The summed E-state index contributed by atoms with van der Waals surface area (Å²) in [4.78, 5) is 29.1. The molecule has 0 aliphatic carbocycles. The van der Waals surface area contributed by atoms with Crippen LogP contribution in [0.5, 0.6) is 5.88 Å². The number of carbonyl (C=O) groups excluding carboxylic acids is 1. The zero-order valence-electron chi connectivity index (χ0n) is 14.3. The van der Waals surface area contributed by atoms with E-state index in [4.69, 9.17) is 4.74 Å². The highest BCUT2D eigenvalue weighted by Gasteiger charge is 2.21. The molecule has 8 nitrogen and oxygen atoms in total. The molecule has 25 heavy (non-hydrogen) atoms. The highest BCUT2D eigenvalue weighted by molar-refractivity contribution is 5.77. The minimum Gasteiger partial charge on any atom is -0.481 e. The summed E-state index contributed by atoms with van der Waals surface area (Å²) >= 11 is 0. The molecular formula is C17H22N6O2. The highest BCUT2D eigenvalue weighted by atomic mass is 16.5. The smallest absolute Gasteiger partial charge is 0.225 e. The molecule has 3 heterocycles. The third-order valence-corrected chi connectivity index (χ3v) is 4.07. The maximum atomic E-state index is 12.3. The second-order valence-electron chi connectivity index (χ2n) is 5.66. The van der Waals surface area contributed by atoms with Gasteiger partial charge in [0, 0.05) is 57.6 Å². The molecule has 1 amide bonds. The standard InChI is InChI=1S/C17H22N6O2/c1-25-15-5-8-19-17(21-15)20-9-6-16(24)23-12-10-22(11-13-23)14-4-2-3-7-18-14/h2-5,7-8H,6,9-13H2,1H3,(H,19,20,21). The van der Waals surface area contributed by atoms with Gasteiger partial charge in [-0.25, -0.2) is 9.97 Å². The summed E-state index contributed by atoms with van der Waals surface area (Å²) in [5.41, 5.74) is 0. The zero-order valence-corrected chi connectivity index (χ0v) is 14.3. The van der Waals surface area contributed by atoms with E-state index in [9.17, 15) is 4.79 Å². The largest absolute Gasteiger partial charge is 0.481 e. The van der Waals surface area contributed by atoms with Crippen LogP contribution in [0.2, 0.25) is 0 Å². The molecule has 2 aromatic heterocycles. The number of methoxy groups -OCH3 is 1. The number of amides is 1. The van der Waals surface area contributed by atoms with Crippen LogP contribution in [0.25, 0.3) is 0 Å². The lowest BCUT2D eigenvalue weighted by atomic mass is 10.2.